The lowest BCUT2D eigenvalue weighted by Gasteiger charge is -2.41. The summed E-state index contributed by atoms with van der Waals surface area (Å²) in [5.74, 6) is 8.63. The zero-order valence-electron chi connectivity index (χ0n) is 11.8. The van der Waals surface area contributed by atoms with Gasteiger partial charge in [0.25, 0.3) is 0 Å². The van der Waals surface area contributed by atoms with Crippen molar-refractivity contribution in [2.75, 3.05) is 18.1 Å². The molecule has 21 heavy (non-hydrogen) atoms. The molecule has 3 rings (SSSR count). The van der Waals surface area contributed by atoms with Crippen molar-refractivity contribution in [2.24, 2.45) is 11.8 Å². The third kappa shape index (κ3) is 3.43. The number of rotatable bonds is 3. The topological polar surface area (TPSA) is 47.3 Å². The highest BCUT2D eigenvalue weighted by Crippen LogP contribution is 2.44. The number of hydrogen-bond donors (Lipinski definition) is 2. The zero-order chi connectivity index (χ0) is 14.9. The van der Waals surface area contributed by atoms with Gasteiger partial charge in [0.1, 0.15) is 0 Å². The van der Waals surface area contributed by atoms with Crippen molar-refractivity contribution in [1.29, 1.82) is 0 Å². The lowest BCUT2D eigenvalue weighted by Crippen LogP contribution is -2.45. The van der Waals surface area contributed by atoms with Gasteiger partial charge in [0, 0.05) is 21.9 Å². The summed E-state index contributed by atoms with van der Waals surface area (Å²) in [5, 5.41) is 0.758. The van der Waals surface area contributed by atoms with Crippen LogP contribution in [0, 0.1) is 5.92 Å². The first-order chi connectivity index (χ1) is 10.1. The molecule has 3 nitrogen and oxygen atoms in total. The number of ether oxygens (including phenoxy) is 1. The second-order valence-electron chi connectivity index (χ2n) is 5.90. The van der Waals surface area contributed by atoms with E-state index in [1.807, 2.05) is 23.9 Å². The molecule has 0 saturated carbocycles. The third-order valence-electron chi connectivity index (χ3n) is 4.55. The molecule has 0 aliphatic carbocycles. The molecule has 2 heterocycles. The molecule has 2 fully saturated rings. The molecule has 116 valence electrons. The largest absolute Gasteiger partial charge is 0.374 e. The van der Waals surface area contributed by atoms with Crippen LogP contribution < -0.4 is 11.3 Å². The minimum Gasteiger partial charge on any atom is -0.374 e. The average molecular weight is 392 g/mol. The first kappa shape index (κ1) is 16.1. The van der Waals surface area contributed by atoms with Crippen LogP contribution in [-0.2, 0) is 4.74 Å². The number of halogens is 2. The lowest BCUT2D eigenvalue weighted by atomic mass is 9.79. The molecule has 1 aromatic carbocycles. The smallest absolute Gasteiger partial charge is 0.0783 e. The van der Waals surface area contributed by atoms with Gasteiger partial charge in [0.05, 0.1) is 11.6 Å². The molecule has 0 bridgehead atoms. The SMILES string of the molecule is NNC(c1ccc(Br)cc1Cl)C1CCOC2(CCSC2)C1. The van der Waals surface area contributed by atoms with Crippen molar-refractivity contribution in [3.05, 3.63) is 33.3 Å². The Labute approximate surface area is 143 Å². The van der Waals surface area contributed by atoms with Gasteiger partial charge in [0.2, 0.25) is 0 Å². The van der Waals surface area contributed by atoms with E-state index >= 15 is 0 Å². The first-order valence-corrected chi connectivity index (χ1v) is 9.59. The van der Waals surface area contributed by atoms with Crippen LogP contribution in [0.4, 0.5) is 0 Å². The van der Waals surface area contributed by atoms with E-state index in [0.717, 1.165) is 46.7 Å². The Morgan fingerprint density at radius 3 is 3.05 bits per heavy atom. The van der Waals surface area contributed by atoms with Crippen LogP contribution in [0.2, 0.25) is 5.02 Å². The van der Waals surface area contributed by atoms with E-state index in [0.29, 0.717) is 5.92 Å². The minimum atomic E-state index is 0.0600. The number of benzene rings is 1. The third-order valence-corrected chi connectivity index (χ3v) is 6.59. The molecule has 6 heteroatoms. The molecule has 1 aromatic rings. The standard InChI is InChI=1S/C15H20BrClN2OS/c16-11-1-2-12(13(17)7-11)14(19-18)10-3-5-20-15(8-10)4-6-21-9-15/h1-2,7,10,14,19H,3-6,8-9,18H2. The van der Waals surface area contributed by atoms with Gasteiger partial charge in [-0.1, -0.05) is 33.6 Å². The van der Waals surface area contributed by atoms with Gasteiger partial charge in [0.15, 0.2) is 0 Å². The molecule has 0 radical (unpaired) electrons. The van der Waals surface area contributed by atoms with Crippen LogP contribution in [0.3, 0.4) is 0 Å². The second kappa shape index (κ2) is 6.77. The van der Waals surface area contributed by atoms with Crippen LogP contribution in [-0.4, -0.2) is 23.7 Å². The maximum absolute atomic E-state index is 6.41. The van der Waals surface area contributed by atoms with Gasteiger partial charge in [-0.25, -0.2) is 0 Å². The molecule has 2 aliphatic rings. The molecule has 3 N–H and O–H groups in total. The Kier molecular flexibility index (Phi) is 5.19. The fourth-order valence-electron chi connectivity index (χ4n) is 3.45. The van der Waals surface area contributed by atoms with Crippen molar-refractivity contribution < 1.29 is 4.74 Å². The number of thioether (sulfide) groups is 1. The Morgan fingerprint density at radius 2 is 2.38 bits per heavy atom. The predicted octanol–water partition coefficient (Wildman–Crippen LogP) is 3.91. The molecular formula is C15H20BrClN2OS. The molecule has 0 amide bonds. The molecule has 0 aromatic heterocycles. The Balaban J connectivity index is 1.82. The second-order valence-corrected chi connectivity index (χ2v) is 8.33. The van der Waals surface area contributed by atoms with Crippen LogP contribution >= 0.6 is 39.3 Å². The summed E-state index contributed by atoms with van der Waals surface area (Å²) in [6, 6.07) is 6.09. The Bertz CT molecular complexity index is 510. The van der Waals surface area contributed by atoms with Gasteiger partial charge in [-0.3, -0.25) is 11.3 Å². The molecule has 2 saturated heterocycles. The van der Waals surface area contributed by atoms with Crippen molar-refractivity contribution >= 4 is 39.3 Å². The molecule has 3 unspecified atom stereocenters. The van der Waals surface area contributed by atoms with E-state index in [4.69, 9.17) is 22.2 Å². The highest BCUT2D eigenvalue weighted by Gasteiger charge is 2.42. The highest BCUT2D eigenvalue weighted by molar-refractivity contribution is 9.10. The fourth-order valence-corrected chi connectivity index (χ4v) is 5.62. The summed E-state index contributed by atoms with van der Waals surface area (Å²) < 4.78 is 7.10. The van der Waals surface area contributed by atoms with E-state index < -0.39 is 0 Å². The monoisotopic (exact) mass is 390 g/mol. The number of nitrogens with two attached hydrogens (primary N) is 1. The van der Waals surface area contributed by atoms with Gasteiger partial charge < -0.3 is 4.74 Å². The summed E-state index contributed by atoms with van der Waals surface area (Å²) in [4.78, 5) is 0. The van der Waals surface area contributed by atoms with Crippen molar-refractivity contribution in [1.82, 2.24) is 5.43 Å². The average Bonchev–Trinajstić information content (AvgIpc) is 2.90. The summed E-state index contributed by atoms with van der Waals surface area (Å²) in [6.45, 7) is 0.817. The minimum absolute atomic E-state index is 0.0600. The van der Waals surface area contributed by atoms with E-state index in [-0.39, 0.29) is 11.6 Å². The highest BCUT2D eigenvalue weighted by atomic mass is 79.9. The zero-order valence-corrected chi connectivity index (χ0v) is 14.9. The van der Waals surface area contributed by atoms with Gasteiger partial charge in [-0.15, -0.1) is 0 Å². The van der Waals surface area contributed by atoms with Crippen molar-refractivity contribution in [3.63, 3.8) is 0 Å². The van der Waals surface area contributed by atoms with Crippen molar-refractivity contribution in [2.45, 2.75) is 30.9 Å². The summed E-state index contributed by atoms with van der Waals surface area (Å²) in [5.41, 5.74) is 4.13. The predicted molar refractivity (Wildman–Crippen MR) is 92.6 cm³/mol. The summed E-state index contributed by atoms with van der Waals surface area (Å²) >= 11 is 11.9. The summed E-state index contributed by atoms with van der Waals surface area (Å²) in [6.07, 6.45) is 3.23. The molecule has 1 spiro atoms. The quantitative estimate of drug-likeness (QED) is 0.606. The number of hydrogen-bond acceptors (Lipinski definition) is 4. The molecular weight excluding hydrogens is 372 g/mol. The maximum atomic E-state index is 6.41. The first-order valence-electron chi connectivity index (χ1n) is 7.26. The normalized spacial score (nSPS) is 30.7. The molecule has 2 aliphatic heterocycles. The van der Waals surface area contributed by atoms with Gasteiger partial charge >= 0.3 is 0 Å². The van der Waals surface area contributed by atoms with Crippen LogP contribution in [0.5, 0.6) is 0 Å². The number of hydrazine groups is 1. The van der Waals surface area contributed by atoms with E-state index in [2.05, 4.69) is 27.4 Å². The van der Waals surface area contributed by atoms with Gasteiger partial charge in [-0.2, -0.15) is 11.8 Å². The maximum Gasteiger partial charge on any atom is 0.0783 e. The number of nitrogens with one attached hydrogen (secondary N) is 1. The Morgan fingerprint density at radius 1 is 1.52 bits per heavy atom. The van der Waals surface area contributed by atoms with E-state index in [9.17, 15) is 0 Å². The summed E-state index contributed by atoms with van der Waals surface area (Å²) in [7, 11) is 0. The van der Waals surface area contributed by atoms with E-state index in [1.165, 1.54) is 5.75 Å². The van der Waals surface area contributed by atoms with Gasteiger partial charge in [-0.05, 0) is 48.6 Å². The van der Waals surface area contributed by atoms with E-state index in [1.54, 1.807) is 0 Å². The van der Waals surface area contributed by atoms with Crippen molar-refractivity contribution in [3.8, 4) is 0 Å². The Hall–Kier alpha value is 0.220. The lowest BCUT2D eigenvalue weighted by molar-refractivity contribution is -0.0854. The fraction of sp³-hybridized carbons (Fsp3) is 0.600. The van der Waals surface area contributed by atoms with Crippen LogP contribution in [0.15, 0.2) is 22.7 Å². The van der Waals surface area contributed by atoms with Crippen LogP contribution in [0.25, 0.3) is 0 Å². The molecule has 3 atom stereocenters. The van der Waals surface area contributed by atoms with Crippen LogP contribution in [0.1, 0.15) is 30.9 Å².